The van der Waals surface area contributed by atoms with Gasteiger partial charge in [-0.25, -0.2) is 14.2 Å². The van der Waals surface area contributed by atoms with E-state index in [9.17, 15) is 22.4 Å². The maximum atomic E-state index is 14.4. The fourth-order valence-electron chi connectivity index (χ4n) is 3.24. The number of halogens is 4. The third-order valence-corrected chi connectivity index (χ3v) is 4.31. The van der Waals surface area contributed by atoms with Crippen LogP contribution in [0.15, 0.2) is 12.1 Å². The Balaban J connectivity index is 1.98. The van der Waals surface area contributed by atoms with Gasteiger partial charge in [0, 0.05) is 12.1 Å². The number of aromatic nitrogens is 1. The van der Waals surface area contributed by atoms with E-state index in [1.54, 1.807) is 20.8 Å². The number of carbonyl (C=O) groups is 1. The third kappa shape index (κ3) is 3.62. The van der Waals surface area contributed by atoms with Gasteiger partial charge in [-0.1, -0.05) is 6.07 Å². The number of ether oxygens (including phenoxy) is 2. The van der Waals surface area contributed by atoms with Crippen molar-refractivity contribution in [2.24, 2.45) is 0 Å². The van der Waals surface area contributed by atoms with Crippen molar-refractivity contribution in [2.75, 3.05) is 6.54 Å². The first-order valence-electron chi connectivity index (χ1n) is 8.29. The Labute approximate surface area is 148 Å². The molecule has 0 N–H and O–H groups in total. The smallest absolute Gasteiger partial charge is 0.433 e. The van der Waals surface area contributed by atoms with E-state index in [1.807, 2.05) is 0 Å². The van der Waals surface area contributed by atoms with Gasteiger partial charge in [0.05, 0.1) is 18.3 Å². The highest BCUT2D eigenvalue weighted by Crippen LogP contribution is 2.41. The van der Waals surface area contributed by atoms with Crippen LogP contribution in [0, 0.1) is 0 Å². The molecular weight excluding hydrogens is 356 g/mol. The zero-order valence-electron chi connectivity index (χ0n) is 14.6. The number of pyridine rings is 1. The standard InChI is InChI=1S/C17H20F4N2O3/c1-16(2,3)26-15(24)23-7-6-10(18)14-13(23)9-4-5-12(17(19,20)21)22-11(9)8-25-14/h4-5,10,13-14H,6-8H2,1-3H3/t10-,13-,14-/m0/s1. The number of amides is 1. The summed E-state index contributed by atoms with van der Waals surface area (Å²) in [7, 11) is 0. The minimum absolute atomic E-state index is 0.0590. The van der Waals surface area contributed by atoms with E-state index in [4.69, 9.17) is 9.47 Å². The lowest BCUT2D eigenvalue weighted by atomic mass is 9.88. The van der Waals surface area contributed by atoms with Crippen molar-refractivity contribution in [1.82, 2.24) is 9.88 Å². The Kier molecular flexibility index (Phi) is 4.62. The number of nitrogens with zero attached hydrogens (tertiary/aromatic N) is 2. The minimum atomic E-state index is -4.59. The SMILES string of the molecule is CC(C)(C)OC(=O)N1CC[C@H](F)[C@@H]2OCc3nc(C(F)(F)F)ccc3[C@@H]21. The number of carbonyl (C=O) groups excluding carboxylic acids is 1. The molecule has 1 fully saturated rings. The van der Waals surface area contributed by atoms with E-state index < -0.39 is 41.9 Å². The third-order valence-electron chi connectivity index (χ3n) is 4.31. The Hall–Kier alpha value is -1.90. The van der Waals surface area contributed by atoms with Gasteiger partial charge in [0.25, 0.3) is 0 Å². The van der Waals surface area contributed by atoms with Crippen LogP contribution in [0.4, 0.5) is 22.4 Å². The zero-order valence-corrected chi connectivity index (χ0v) is 14.6. The largest absolute Gasteiger partial charge is 0.444 e. The minimum Gasteiger partial charge on any atom is -0.444 e. The summed E-state index contributed by atoms with van der Waals surface area (Å²) in [5, 5.41) is 0. The summed E-state index contributed by atoms with van der Waals surface area (Å²) in [6.07, 6.45) is -7.46. The van der Waals surface area contributed by atoms with E-state index in [0.717, 1.165) is 6.07 Å². The van der Waals surface area contributed by atoms with Crippen LogP contribution in [0.1, 0.15) is 50.2 Å². The summed E-state index contributed by atoms with van der Waals surface area (Å²) in [4.78, 5) is 17.5. The lowest BCUT2D eigenvalue weighted by Crippen LogP contribution is -2.54. The van der Waals surface area contributed by atoms with E-state index in [2.05, 4.69) is 4.98 Å². The summed E-state index contributed by atoms with van der Waals surface area (Å²) < 4.78 is 63.8. The molecule has 0 aromatic carbocycles. The summed E-state index contributed by atoms with van der Waals surface area (Å²) in [5.41, 5.74) is -1.38. The Bertz CT molecular complexity index is 702. The fourth-order valence-corrected chi connectivity index (χ4v) is 3.24. The second kappa shape index (κ2) is 6.37. The average Bonchev–Trinajstić information content (AvgIpc) is 2.51. The summed E-state index contributed by atoms with van der Waals surface area (Å²) in [5.74, 6) is 0. The number of rotatable bonds is 0. The number of hydrogen-bond donors (Lipinski definition) is 0. The topological polar surface area (TPSA) is 51.7 Å². The van der Waals surface area contributed by atoms with Crippen LogP contribution in [0.3, 0.4) is 0 Å². The summed E-state index contributed by atoms with van der Waals surface area (Å²) in [6.45, 7) is 4.95. The molecule has 0 radical (unpaired) electrons. The monoisotopic (exact) mass is 376 g/mol. The van der Waals surface area contributed by atoms with Gasteiger partial charge in [-0.05, 0) is 33.3 Å². The molecule has 1 saturated heterocycles. The highest BCUT2D eigenvalue weighted by Gasteiger charge is 2.47. The van der Waals surface area contributed by atoms with Crippen molar-refractivity contribution >= 4 is 6.09 Å². The van der Waals surface area contributed by atoms with Crippen LogP contribution in [-0.2, 0) is 22.3 Å². The Morgan fingerprint density at radius 3 is 2.62 bits per heavy atom. The quantitative estimate of drug-likeness (QED) is 0.642. The Morgan fingerprint density at radius 2 is 2.00 bits per heavy atom. The zero-order chi connectivity index (χ0) is 19.3. The van der Waals surface area contributed by atoms with Crippen LogP contribution >= 0.6 is 0 Å². The van der Waals surface area contributed by atoms with Gasteiger partial charge >= 0.3 is 12.3 Å². The molecule has 3 heterocycles. The molecular formula is C17H20F4N2O3. The molecule has 0 spiro atoms. The Morgan fingerprint density at radius 1 is 1.31 bits per heavy atom. The normalized spacial score (nSPS) is 26.1. The van der Waals surface area contributed by atoms with Crippen LogP contribution in [-0.4, -0.2) is 40.4 Å². The molecule has 1 aromatic rings. The molecule has 3 rings (SSSR count). The van der Waals surface area contributed by atoms with Gasteiger partial charge in [-0.3, -0.25) is 4.90 Å². The molecule has 2 aliphatic heterocycles. The van der Waals surface area contributed by atoms with Crippen molar-refractivity contribution < 1.29 is 31.8 Å². The maximum absolute atomic E-state index is 14.4. The van der Waals surface area contributed by atoms with E-state index in [0.29, 0.717) is 5.56 Å². The van der Waals surface area contributed by atoms with Crippen molar-refractivity contribution in [3.63, 3.8) is 0 Å². The predicted octanol–water partition coefficient (Wildman–Crippen LogP) is 4.02. The second-order valence-corrected chi connectivity index (χ2v) is 7.43. The number of fused-ring (bicyclic) bond motifs is 3. The molecule has 0 aliphatic carbocycles. The van der Waals surface area contributed by atoms with Crippen LogP contribution < -0.4 is 0 Å². The van der Waals surface area contributed by atoms with Crippen molar-refractivity contribution in [2.45, 2.75) is 63.9 Å². The fraction of sp³-hybridized carbons (Fsp3) is 0.647. The van der Waals surface area contributed by atoms with E-state index in [1.165, 1.54) is 11.0 Å². The summed E-state index contributed by atoms with van der Waals surface area (Å²) >= 11 is 0. The van der Waals surface area contributed by atoms with Gasteiger partial charge < -0.3 is 9.47 Å². The van der Waals surface area contributed by atoms with Crippen LogP contribution in [0.25, 0.3) is 0 Å². The molecule has 144 valence electrons. The first-order valence-corrected chi connectivity index (χ1v) is 8.29. The van der Waals surface area contributed by atoms with Crippen LogP contribution in [0.5, 0.6) is 0 Å². The lowest BCUT2D eigenvalue weighted by Gasteiger charge is -2.45. The number of hydrogen-bond acceptors (Lipinski definition) is 4. The molecule has 0 unspecified atom stereocenters. The van der Waals surface area contributed by atoms with Gasteiger partial charge in [-0.2, -0.15) is 13.2 Å². The predicted molar refractivity (Wildman–Crippen MR) is 83.0 cm³/mol. The number of piperidine rings is 1. The number of alkyl halides is 4. The second-order valence-electron chi connectivity index (χ2n) is 7.43. The average molecular weight is 376 g/mol. The van der Waals surface area contributed by atoms with Crippen molar-refractivity contribution in [3.8, 4) is 0 Å². The maximum Gasteiger partial charge on any atom is 0.433 e. The van der Waals surface area contributed by atoms with Gasteiger partial charge in [0.1, 0.15) is 23.6 Å². The van der Waals surface area contributed by atoms with Gasteiger partial charge in [0.2, 0.25) is 0 Å². The van der Waals surface area contributed by atoms with E-state index in [-0.39, 0.29) is 25.3 Å². The molecule has 3 atom stereocenters. The first kappa shape index (κ1) is 18.9. The summed E-state index contributed by atoms with van der Waals surface area (Å²) in [6, 6.07) is 1.23. The lowest BCUT2D eigenvalue weighted by molar-refractivity contribution is -0.142. The highest BCUT2D eigenvalue weighted by atomic mass is 19.4. The number of likely N-dealkylation sites (tertiary alicyclic amines) is 1. The van der Waals surface area contributed by atoms with E-state index >= 15 is 0 Å². The molecule has 1 aromatic heterocycles. The molecule has 9 heteroatoms. The molecule has 1 amide bonds. The van der Waals surface area contributed by atoms with Gasteiger partial charge in [0.15, 0.2) is 0 Å². The molecule has 26 heavy (non-hydrogen) atoms. The molecule has 2 aliphatic rings. The highest BCUT2D eigenvalue weighted by molar-refractivity contribution is 5.69. The molecule has 5 nitrogen and oxygen atoms in total. The molecule has 0 bridgehead atoms. The molecule has 0 saturated carbocycles. The van der Waals surface area contributed by atoms with Gasteiger partial charge in [-0.15, -0.1) is 0 Å². The first-order chi connectivity index (χ1) is 12.0. The van der Waals surface area contributed by atoms with Crippen LogP contribution in [0.2, 0.25) is 0 Å². The van der Waals surface area contributed by atoms with Crippen molar-refractivity contribution in [3.05, 3.63) is 29.1 Å². The van der Waals surface area contributed by atoms with Crippen molar-refractivity contribution in [1.29, 1.82) is 0 Å².